The summed E-state index contributed by atoms with van der Waals surface area (Å²) in [6, 6.07) is -0.0109. The van der Waals surface area contributed by atoms with Crippen molar-refractivity contribution >= 4 is 32.6 Å². The van der Waals surface area contributed by atoms with E-state index in [1.165, 1.54) is 0 Å². The van der Waals surface area contributed by atoms with Crippen molar-refractivity contribution in [2.75, 3.05) is 0 Å². The molecule has 0 atom stereocenters. The van der Waals surface area contributed by atoms with Gasteiger partial charge in [-0.3, -0.25) is 0 Å². The molecule has 0 saturated carbocycles. The van der Waals surface area contributed by atoms with Crippen molar-refractivity contribution in [1.82, 2.24) is 0 Å². The average molecular weight is 419 g/mol. The van der Waals surface area contributed by atoms with Crippen molar-refractivity contribution in [2.45, 2.75) is 17.2 Å². The highest BCUT2D eigenvalue weighted by atomic mass is 127. The van der Waals surface area contributed by atoms with E-state index in [-0.39, 0.29) is 12.1 Å². The van der Waals surface area contributed by atoms with Crippen LogP contribution in [0.3, 0.4) is 0 Å². The molecule has 3 nitrogen and oxygen atoms in total. The van der Waals surface area contributed by atoms with Gasteiger partial charge >= 0.3 is 12.4 Å². The Morgan fingerprint density at radius 1 is 0.947 bits per heavy atom. The largest absolute Gasteiger partial charge is 0.417 e. The number of nitrogens with two attached hydrogens (primary N) is 1. The number of sulfonamides is 1. The summed E-state index contributed by atoms with van der Waals surface area (Å²) in [6.07, 6.45) is -10.1. The molecule has 0 aromatic heterocycles. The number of hydrogen-bond acceptors (Lipinski definition) is 2. The highest BCUT2D eigenvalue weighted by Gasteiger charge is 2.41. The van der Waals surface area contributed by atoms with Crippen LogP contribution in [0.15, 0.2) is 17.0 Å². The minimum atomic E-state index is -5.13. The Kier molecular flexibility index (Phi) is 4.14. The molecule has 1 aromatic rings. The smallest absolute Gasteiger partial charge is 0.225 e. The van der Waals surface area contributed by atoms with Gasteiger partial charge in [-0.2, -0.15) is 26.3 Å². The van der Waals surface area contributed by atoms with Crippen LogP contribution in [-0.4, -0.2) is 8.42 Å². The minimum Gasteiger partial charge on any atom is -0.225 e. The Morgan fingerprint density at radius 2 is 1.37 bits per heavy atom. The standard InChI is InChI=1S/C8H4F6INO2S/c9-7(10,11)3-2-6(19(16,17)18)4(1-5(3)15)8(12,13)14/h1-2H,(H2,16,17,18). The zero-order valence-electron chi connectivity index (χ0n) is 8.60. The molecular weight excluding hydrogens is 415 g/mol. The second kappa shape index (κ2) is 4.77. The Bertz CT molecular complexity index is 607. The molecular formula is C8H4F6INO2S. The van der Waals surface area contributed by atoms with Crippen LogP contribution in [0.25, 0.3) is 0 Å². The minimum absolute atomic E-state index is 0.100. The van der Waals surface area contributed by atoms with Crippen molar-refractivity contribution < 1.29 is 34.8 Å². The van der Waals surface area contributed by atoms with Crippen LogP contribution in [0.5, 0.6) is 0 Å². The lowest BCUT2D eigenvalue weighted by molar-refractivity contribution is -0.143. The predicted molar refractivity (Wildman–Crippen MR) is 60.5 cm³/mol. The van der Waals surface area contributed by atoms with Crippen molar-refractivity contribution in [2.24, 2.45) is 5.14 Å². The molecule has 0 heterocycles. The van der Waals surface area contributed by atoms with Crippen molar-refractivity contribution in [3.8, 4) is 0 Å². The second-order valence-corrected chi connectivity index (χ2v) is 6.06. The van der Waals surface area contributed by atoms with E-state index < -0.39 is 42.0 Å². The van der Waals surface area contributed by atoms with Crippen molar-refractivity contribution in [3.05, 3.63) is 26.8 Å². The zero-order valence-corrected chi connectivity index (χ0v) is 11.6. The molecule has 1 rings (SSSR count). The maximum Gasteiger partial charge on any atom is 0.417 e. The van der Waals surface area contributed by atoms with Gasteiger partial charge in [0.15, 0.2) is 0 Å². The van der Waals surface area contributed by atoms with Crippen LogP contribution >= 0.6 is 22.6 Å². The summed E-state index contributed by atoms with van der Waals surface area (Å²) < 4.78 is 96.5. The fraction of sp³-hybridized carbons (Fsp3) is 0.250. The summed E-state index contributed by atoms with van der Waals surface area (Å²) in [7, 11) is -4.94. The molecule has 0 unspecified atom stereocenters. The highest BCUT2D eigenvalue weighted by molar-refractivity contribution is 14.1. The van der Waals surface area contributed by atoms with Crippen LogP contribution in [0, 0.1) is 3.57 Å². The third-order valence-corrected chi connectivity index (χ3v) is 3.83. The van der Waals surface area contributed by atoms with E-state index in [9.17, 15) is 34.8 Å². The maximum atomic E-state index is 12.6. The fourth-order valence-electron chi connectivity index (χ4n) is 1.23. The van der Waals surface area contributed by atoms with Crippen LogP contribution in [0.4, 0.5) is 26.3 Å². The SMILES string of the molecule is NS(=O)(=O)c1cc(C(F)(F)F)c(I)cc1C(F)(F)F. The lowest BCUT2D eigenvalue weighted by atomic mass is 10.1. The molecule has 0 saturated heterocycles. The third-order valence-electron chi connectivity index (χ3n) is 1.99. The summed E-state index contributed by atoms with van der Waals surface area (Å²) >= 11 is 1.04. The Labute approximate surface area is 117 Å². The average Bonchev–Trinajstić information content (AvgIpc) is 2.11. The lowest BCUT2D eigenvalue weighted by Crippen LogP contribution is -2.21. The Hall–Kier alpha value is -0.560. The quantitative estimate of drug-likeness (QED) is 0.563. The maximum absolute atomic E-state index is 12.6. The van der Waals surface area contributed by atoms with Gasteiger partial charge < -0.3 is 0 Å². The van der Waals surface area contributed by atoms with E-state index in [1.807, 2.05) is 0 Å². The van der Waals surface area contributed by atoms with E-state index in [0.717, 1.165) is 22.6 Å². The van der Waals surface area contributed by atoms with Gasteiger partial charge in [0.25, 0.3) is 0 Å². The van der Waals surface area contributed by atoms with Gasteiger partial charge in [0, 0.05) is 3.57 Å². The molecule has 0 bridgehead atoms. The van der Waals surface area contributed by atoms with Crippen LogP contribution in [0.1, 0.15) is 11.1 Å². The molecule has 11 heteroatoms. The van der Waals surface area contributed by atoms with E-state index in [2.05, 4.69) is 5.14 Å². The van der Waals surface area contributed by atoms with Crippen LogP contribution in [-0.2, 0) is 22.4 Å². The van der Waals surface area contributed by atoms with Gasteiger partial charge in [-0.25, -0.2) is 13.6 Å². The van der Waals surface area contributed by atoms with Crippen molar-refractivity contribution in [3.63, 3.8) is 0 Å². The summed E-state index contributed by atoms with van der Waals surface area (Å²) in [4.78, 5) is -1.60. The van der Waals surface area contributed by atoms with Gasteiger partial charge in [0.05, 0.1) is 16.0 Å². The first-order chi connectivity index (χ1) is 8.24. The molecule has 108 valence electrons. The number of rotatable bonds is 1. The number of halogens is 7. The lowest BCUT2D eigenvalue weighted by Gasteiger charge is -2.16. The van der Waals surface area contributed by atoms with E-state index >= 15 is 0 Å². The monoisotopic (exact) mass is 419 g/mol. The normalized spacial score (nSPS) is 13.7. The summed E-state index contributed by atoms with van der Waals surface area (Å²) in [6.45, 7) is 0. The molecule has 0 aliphatic heterocycles. The number of benzene rings is 1. The third kappa shape index (κ3) is 3.72. The van der Waals surface area contributed by atoms with Crippen molar-refractivity contribution in [1.29, 1.82) is 0 Å². The molecule has 2 N–H and O–H groups in total. The van der Waals surface area contributed by atoms with E-state index in [0.29, 0.717) is 0 Å². The number of hydrogen-bond donors (Lipinski definition) is 1. The van der Waals surface area contributed by atoms with Gasteiger partial charge in [-0.15, -0.1) is 0 Å². The summed E-state index contributed by atoms with van der Waals surface area (Å²) in [5.41, 5.74) is -3.22. The fourth-order valence-corrected chi connectivity index (χ4v) is 2.76. The Balaban J connectivity index is 3.76. The predicted octanol–water partition coefficient (Wildman–Crippen LogP) is 2.98. The first kappa shape index (κ1) is 16.5. The molecule has 0 spiro atoms. The Morgan fingerprint density at radius 3 is 1.68 bits per heavy atom. The number of alkyl halides is 6. The molecule has 0 radical (unpaired) electrons. The van der Waals surface area contributed by atoms with Gasteiger partial charge in [0.1, 0.15) is 0 Å². The van der Waals surface area contributed by atoms with Crippen LogP contribution < -0.4 is 5.14 Å². The first-order valence-corrected chi connectivity index (χ1v) is 6.88. The topological polar surface area (TPSA) is 60.2 Å². The first-order valence-electron chi connectivity index (χ1n) is 4.25. The molecule has 1 aromatic carbocycles. The zero-order chi connectivity index (χ0) is 15.2. The van der Waals surface area contributed by atoms with Gasteiger partial charge in [-0.05, 0) is 34.7 Å². The number of primary sulfonamides is 1. The molecule has 19 heavy (non-hydrogen) atoms. The van der Waals surface area contributed by atoms with E-state index in [4.69, 9.17) is 0 Å². The van der Waals surface area contributed by atoms with Gasteiger partial charge in [-0.1, -0.05) is 0 Å². The molecule has 0 aliphatic rings. The van der Waals surface area contributed by atoms with Gasteiger partial charge in [0.2, 0.25) is 10.0 Å². The van der Waals surface area contributed by atoms with E-state index in [1.54, 1.807) is 0 Å². The summed E-state index contributed by atoms with van der Waals surface area (Å²) in [5, 5.41) is 4.52. The summed E-state index contributed by atoms with van der Waals surface area (Å²) in [5.74, 6) is 0. The molecule has 0 aliphatic carbocycles. The molecule has 0 fully saturated rings. The molecule has 0 amide bonds. The van der Waals surface area contributed by atoms with Crippen LogP contribution in [0.2, 0.25) is 0 Å². The second-order valence-electron chi connectivity index (χ2n) is 3.37. The highest BCUT2D eigenvalue weighted by Crippen LogP contribution is 2.40.